The molecule has 1 aromatic rings. The van der Waals surface area contributed by atoms with Crippen LogP contribution < -0.4 is 0 Å². The Bertz CT molecular complexity index is 269. The highest BCUT2D eigenvalue weighted by Crippen LogP contribution is 2.34. The molecule has 2 rings (SSSR count). The van der Waals surface area contributed by atoms with E-state index in [-0.39, 0.29) is 6.10 Å². The van der Waals surface area contributed by atoms with Gasteiger partial charge >= 0.3 is 0 Å². The highest BCUT2D eigenvalue weighted by molar-refractivity contribution is 7.99. The van der Waals surface area contributed by atoms with E-state index in [1.54, 1.807) is 11.8 Å². The fourth-order valence-electron chi connectivity index (χ4n) is 1.52. The van der Waals surface area contributed by atoms with Gasteiger partial charge in [0.15, 0.2) is 0 Å². The van der Waals surface area contributed by atoms with Gasteiger partial charge in [-0.2, -0.15) is 0 Å². The van der Waals surface area contributed by atoms with Crippen LogP contribution in [0.3, 0.4) is 0 Å². The van der Waals surface area contributed by atoms with E-state index in [2.05, 4.69) is 12.1 Å². The Morgan fingerprint density at radius 2 is 2.00 bits per heavy atom. The van der Waals surface area contributed by atoms with E-state index in [1.807, 2.05) is 18.2 Å². The molecule has 1 aromatic carbocycles. The summed E-state index contributed by atoms with van der Waals surface area (Å²) in [5.41, 5.74) is 0. The van der Waals surface area contributed by atoms with Crippen molar-refractivity contribution in [3.8, 4) is 0 Å². The first kappa shape index (κ1) is 10.1. The number of rotatable bonds is 5. The van der Waals surface area contributed by atoms with Crippen molar-refractivity contribution in [3.63, 3.8) is 0 Å². The van der Waals surface area contributed by atoms with Gasteiger partial charge in [-0.25, -0.2) is 0 Å². The van der Waals surface area contributed by atoms with Crippen LogP contribution in [0.4, 0.5) is 0 Å². The second-order valence-electron chi connectivity index (χ2n) is 3.96. The molecule has 1 fully saturated rings. The minimum Gasteiger partial charge on any atom is -0.392 e. The molecule has 0 aliphatic heterocycles. The Morgan fingerprint density at radius 1 is 1.29 bits per heavy atom. The van der Waals surface area contributed by atoms with Crippen molar-refractivity contribution in [1.82, 2.24) is 0 Å². The van der Waals surface area contributed by atoms with E-state index in [0.717, 1.165) is 18.1 Å². The van der Waals surface area contributed by atoms with Gasteiger partial charge in [-0.15, -0.1) is 11.8 Å². The molecule has 2 heteroatoms. The van der Waals surface area contributed by atoms with Crippen LogP contribution in [0.1, 0.15) is 19.3 Å². The standard InChI is InChI=1S/C12H16OS/c13-11(8-10-6-7-10)9-14-12-4-2-1-3-5-12/h1-5,10-11,13H,6-9H2. The molecule has 1 aliphatic carbocycles. The van der Waals surface area contributed by atoms with Gasteiger partial charge in [-0.1, -0.05) is 31.0 Å². The third kappa shape index (κ3) is 3.35. The summed E-state index contributed by atoms with van der Waals surface area (Å²) in [5, 5.41) is 9.70. The second-order valence-corrected chi connectivity index (χ2v) is 5.05. The molecule has 0 radical (unpaired) electrons. The maximum Gasteiger partial charge on any atom is 0.0636 e. The maximum atomic E-state index is 9.70. The molecule has 0 amide bonds. The zero-order valence-electron chi connectivity index (χ0n) is 8.23. The van der Waals surface area contributed by atoms with Crippen LogP contribution in [-0.2, 0) is 0 Å². The summed E-state index contributed by atoms with van der Waals surface area (Å²) in [5.74, 6) is 1.65. The van der Waals surface area contributed by atoms with Crippen LogP contribution in [0.5, 0.6) is 0 Å². The SMILES string of the molecule is OC(CSc1ccccc1)CC1CC1. The Kier molecular flexibility index (Phi) is 3.49. The zero-order valence-corrected chi connectivity index (χ0v) is 9.04. The first-order valence-electron chi connectivity index (χ1n) is 5.20. The van der Waals surface area contributed by atoms with E-state index in [0.29, 0.717) is 0 Å². The summed E-state index contributed by atoms with van der Waals surface area (Å²) in [6, 6.07) is 10.3. The van der Waals surface area contributed by atoms with Gasteiger partial charge in [-0.3, -0.25) is 0 Å². The van der Waals surface area contributed by atoms with Crippen molar-refractivity contribution in [2.75, 3.05) is 5.75 Å². The van der Waals surface area contributed by atoms with Crippen LogP contribution in [0.2, 0.25) is 0 Å². The lowest BCUT2D eigenvalue weighted by molar-refractivity contribution is 0.182. The molecule has 0 bridgehead atoms. The molecule has 14 heavy (non-hydrogen) atoms. The molecular weight excluding hydrogens is 192 g/mol. The number of aliphatic hydroxyl groups is 1. The minimum absolute atomic E-state index is 0.118. The number of aliphatic hydroxyl groups excluding tert-OH is 1. The molecule has 1 aliphatic rings. The predicted octanol–water partition coefficient (Wildman–Crippen LogP) is 2.94. The average Bonchev–Trinajstić information content (AvgIpc) is 3.00. The molecule has 0 saturated heterocycles. The third-order valence-corrected chi connectivity index (χ3v) is 3.64. The van der Waals surface area contributed by atoms with E-state index in [4.69, 9.17) is 0 Å². The second kappa shape index (κ2) is 4.85. The summed E-state index contributed by atoms with van der Waals surface area (Å²) in [6.45, 7) is 0. The molecule has 0 heterocycles. The molecule has 0 spiro atoms. The molecule has 76 valence electrons. The van der Waals surface area contributed by atoms with Gasteiger partial charge in [0.2, 0.25) is 0 Å². The number of thioether (sulfide) groups is 1. The fourth-order valence-corrected chi connectivity index (χ4v) is 2.39. The van der Waals surface area contributed by atoms with Gasteiger partial charge in [0.1, 0.15) is 0 Å². The van der Waals surface area contributed by atoms with Crippen LogP contribution in [0.15, 0.2) is 35.2 Å². The Hall–Kier alpha value is -0.470. The Morgan fingerprint density at radius 3 is 2.64 bits per heavy atom. The van der Waals surface area contributed by atoms with Crippen molar-refractivity contribution in [2.45, 2.75) is 30.3 Å². The fraction of sp³-hybridized carbons (Fsp3) is 0.500. The summed E-state index contributed by atoms with van der Waals surface area (Å²) < 4.78 is 0. The van der Waals surface area contributed by atoms with Gasteiger partial charge in [0.05, 0.1) is 6.10 Å². The quantitative estimate of drug-likeness (QED) is 0.751. The summed E-state index contributed by atoms with van der Waals surface area (Å²) >= 11 is 1.75. The van der Waals surface area contributed by atoms with Crippen LogP contribution >= 0.6 is 11.8 Å². The molecule has 0 aromatic heterocycles. The minimum atomic E-state index is -0.118. The van der Waals surface area contributed by atoms with E-state index < -0.39 is 0 Å². The molecule has 1 N–H and O–H groups in total. The van der Waals surface area contributed by atoms with Crippen LogP contribution in [-0.4, -0.2) is 17.0 Å². The van der Waals surface area contributed by atoms with E-state index in [1.165, 1.54) is 17.7 Å². The van der Waals surface area contributed by atoms with Crippen molar-refractivity contribution < 1.29 is 5.11 Å². The zero-order chi connectivity index (χ0) is 9.80. The van der Waals surface area contributed by atoms with Gasteiger partial charge in [-0.05, 0) is 24.5 Å². The molecule has 1 nitrogen and oxygen atoms in total. The molecular formula is C12H16OS. The normalized spacial score (nSPS) is 18.1. The van der Waals surface area contributed by atoms with Crippen molar-refractivity contribution in [1.29, 1.82) is 0 Å². The van der Waals surface area contributed by atoms with E-state index in [9.17, 15) is 5.11 Å². The van der Waals surface area contributed by atoms with Crippen molar-refractivity contribution in [3.05, 3.63) is 30.3 Å². The molecule has 1 unspecified atom stereocenters. The monoisotopic (exact) mass is 208 g/mol. The lowest BCUT2D eigenvalue weighted by atomic mass is 10.2. The van der Waals surface area contributed by atoms with E-state index >= 15 is 0 Å². The highest BCUT2D eigenvalue weighted by atomic mass is 32.2. The van der Waals surface area contributed by atoms with Gasteiger partial charge < -0.3 is 5.11 Å². The topological polar surface area (TPSA) is 20.2 Å². The number of hydrogen-bond acceptors (Lipinski definition) is 2. The van der Waals surface area contributed by atoms with Crippen LogP contribution in [0.25, 0.3) is 0 Å². The Labute approximate surface area is 89.5 Å². The largest absolute Gasteiger partial charge is 0.392 e. The lowest BCUT2D eigenvalue weighted by Gasteiger charge is -2.08. The average molecular weight is 208 g/mol. The summed E-state index contributed by atoms with van der Waals surface area (Å²) in [7, 11) is 0. The summed E-state index contributed by atoms with van der Waals surface area (Å²) in [6.07, 6.45) is 3.53. The van der Waals surface area contributed by atoms with Crippen LogP contribution in [0, 0.1) is 5.92 Å². The van der Waals surface area contributed by atoms with Gasteiger partial charge in [0, 0.05) is 10.6 Å². The lowest BCUT2D eigenvalue weighted by Crippen LogP contribution is -2.10. The van der Waals surface area contributed by atoms with Crippen molar-refractivity contribution >= 4 is 11.8 Å². The summed E-state index contributed by atoms with van der Waals surface area (Å²) in [4.78, 5) is 1.25. The highest BCUT2D eigenvalue weighted by Gasteiger charge is 2.24. The van der Waals surface area contributed by atoms with Gasteiger partial charge in [0.25, 0.3) is 0 Å². The van der Waals surface area contributed by atoms with Crippen molar-refractivity contribution in [2.24, 2.45) is 5.92 Å². The number of hydrogen-bond donors (Lipinski definition) is 1. The maximum absolute atomic E-state index is 9.70. The third-order valence-electron chi connectivity index (χ3n) is 2.49. The molecule has 1 atom stereocenters. The first-order chi connectivity index (χ1) is 6.84. The Balaban J connectivity index is 1.70. The predicted molar refractivity (Wildman–Crippen MR) is 60.5 cm³/mol. The first-order valence-corrected chi connectivity index (χ1v) is 6.19. The number of benzene rings is 1. The molecule has 1 saturated carbocycles. The smallest absolute Gasteiger partial charge is 0.0636 e.